The average Bonchev–Trinajstić information content (AvgIpc) is 1.98. The third kappa shape index (κ3) is 3.06. The van der Waals surface area contributed by atoms with E-state index in [1.54, 1.807) is 6.92 Å². The molecule has 0 fully saturated rings. The molecule has 0 aromatic carbocycles. The summed E-state index contributed by atoms with van der Waals surface area (Å²) in [6.07, 6.45) is 5.02. The molecular weight excluding hydrogens is 158 g/mol. The molecule has 12 heavy (non-hydrogen) atoms. The van der Waals surface area contributed by atoms with E-state index in [9.17, 15) is 9.59 Å². The topological polar surface area (TPSA) is 66.4 Å². The average molecular weight is 169 g/mol. The number of nitrogens with one attached hydrogen (secondary N) is 1. The van der Waals surface area contributed by atoms with Gasteiger partial charge < -0.3 is 10.4 Å². The highest BCUT2D eigenvalue weighted by atomic mass is 16.4. The number of hydrogen-bond acceptors (Lipinski definition) is 2. The van der Waals surface area contributed by atoms with E-state index in [2.05, 4.69) is 11.2 Å². The molecule has 0 spiro atoms. The molecule has 1 amide bonds. The first kappa shape index (κ1) is 10.5. The Morgan fingerprint density at radius 3 is 2.33 bits per heavy atom. The first-order valence-electron chi connectivity index (χ1n) is 3.45. The van der Waals surface area contributed by atoms with Crippen LogP contribution in [0.2, 0.25) is 0 Å². The molecule has 0 saturated heterocycles. The Bertz CT molecular complexity index is 229. The lowest BCUT2D eigenvalue weighted by Gasteiger charge is -2.15. The Morgan fingerprint density at radius 2 is 2.08 bits per heavy atom. The maximum atomic E-state index is 10.5. The summed E-state index contributed by atoms with van der Waals surface area (Å²) in [6.45, 7) is 2.81. The van der Waals surface area contributed by atoms with Crippen molar-refractivity contribution < 1.29 is 14.7 Å². The zero-order valence-corrected chi connectivity index (χ0v) is 7.00. The van der Waals surface area contributed by atoms with Crippen LogP contribution >= 0.6 is 0 Å². The van der Waals surface area contributed by atoms with Crippen molar-refractivity contribution in [2.24, 2.45) is 5.92 Å². The Kier molecular flexibility index (Phi) is 3.84. The van der Waals surface area contributed by atoms with E-state index in [1.807, 2.05) is 0 Å². The summed E-state index contributed by atoms with van der Waals surface area (Å²) in [4.78, 5) is 21.1. The van der Waals surface area contributed by atoms with Crippen LogP contribution in [0.1, 0.15) is 13.8 Å². The normalized spacial score (nSPS) is 14.1. The summed E-state index contributed by atoms with van der Waals surface area (Å²) in [6, 6.07) is -0.993. The molecule has 0 unspecified atom stereocenters. The summed E-state index contributed by atoms with van der Waals surface area (Å²) in [5, 5.41) is 10.9. The number of amides is 1. The van der Waals surface area contributed by atoms with Crippen molar-refractivity contribution in [1.29, 1.82) is 0 Å². The molecule has 66 valence electrons. The van der Waals surface area contributed by atoms with E-state index < -0.39 is 23.8 Å². The van der Waals surface area contributed by atoms with Gasteiger partial charge in [-0.3, -0.25) is 4.79 Å². The first-order chi connectivity index (χ1) is 5.49. The second-order valence-electron chi connectivity index (χ2n) is 2.47. The quantitative estimate of drug-likeness (QED) is 0.577. The lowest BCUT2D eigenvalue weighted by Crippen LogP contribution is -2.43. The molecule has 0 saturated carbocycles. The Morgan fingerprint density at radius 1 is 1.58 bits per heavy atom. The smallest absolute Gasteiger partial charge is 0.327 e. The van der Waals surface area contributed by atoms with Crippen molar-refractivity contribution in [3.05, 3.63) is 0 Å². The number of carbonyl (C=O) groups excluding carboxylic acids is 1. The van der Waals surface area contributed by atoms with Crippen LogP contribution in [0.4, 0.5) is 0 Å². The molecule has 4 nitrogen and oxygen atoms in total. The zero-order chi connectivity index (χ0) is 9.72. The van der Waals surface area contributed by atoms with E-state index in [-0.39, 0.29) is 0 Å². The number of carboxylic acid groups (broad SMARTS) is 1. The highest BCUT2D eigenvalue weighted by Crippen LogP contribution is 2.00. The van der Waals surface area contributed by atoms with Gasteiger partial charge >= 0.3 is 5.97 Å². The summed E-state index contributed by atoms with van der Waals surface area (Å²) in [7, 11) is 0. The minimum Gasteiger partial charge on any atom is -0.480 e. The zero-order valence-electron chi connectivity index (χ0n) is 7.00. The SMILES string of the molecule is C#C[C@@H](C)[C@@H](NC(C)=O)C(=O)O. The van der Waals surface area contributed by atoms with Gasteiger partial charge in [-0.1, -0.05) is 0 Å². The van der Waals surface area contributed by atoms with Crippen molar-refractivity contribution in [1.82, 2.24) is 5.32 Å². The van der Waals surface area contributed by atoms with Gasteiger partial charge in [0.2, 0.25) is 5.91 Å². The van der Waals surface area contributed by atoms with Gasteiger partial charge in [-0.2, -0.15) is 0 Å². The molecular formula is C8H11NO3. The molecule has 0 heterocycles. The maximum absolute atomic E-state index is 10.5. The summed E-state index contributed by atoms with van der Waals surface area (Å²) < 4.78 is 0. The van der Waals surface area contributed by atoms with Crippen LogP contribution in [0.3, 0.4) is 0 Å². The molecule has 4 heteroatoms. The Labute approximate surface area is 71.0 Å². The fourth-order valence-electron chi connectivity index (χ4n) is 0.716. The predicted octanol–water partition coefficient (Wildman–Crippen LogP) is -0.155. The number of terminal acetylenes is 1. The van der Waals surface area contributed by atoms with Crippen LogP contribution in [0, 0.1) is 18.3 Å². The van der Waals surface area contributed by atoms with E-state index in [4.69, 9.17) is 11.5 Å². The highest BCUT2D eigenvalue weighted by Gasteiger charge is 2.23. The van der Waals surface area contributed by atoms with Gasteiger partial charge in [0.15, 0.2) is 0 Å². The summed E-state index contributed by atoms with van der Waals surface area (Å²) in [5.41, 5.74) is 0. The van der Waals surface area contributed by atoms with Crippen molar-refractivity contribution in [2.45, 2.75) is 19.9 Å². The van der Waals surface area contributed by atoms with Crippen LogP contribution in [0.15, 0.2) is 0 Å². The number of aliphatic carboxylic acids is 1. The lowest BCUT2D eigenvalue weighted by molar-refractivity contribution is -0.142. The van der Waals surface area contributed by atoms with Crippen molar-refractivity contribution >= 4 is 11.9 Å². The fourth-order valence-corrected chi connectivity index (χ4v) is 0.716. The molecule has 0 aliphatic carbocycles. The van der Waals surface area contributed by atoms with Gasteiger partial charge in [0.05, 0.1) is 0 Å². The van der Waals surface area contributed by atoms with E-state index in [1.165, 1.54) is 6.92 Å². The molecule has 0 aliphatic rings. The molecule has 0 aromatic rings. The molecule has 0 aromatic heterocycles. The maximum Gasteiger partial charge on any atom is 0.327 e. The number of hydrogen-bond donors (Lipinski definition) is 2. The van der Waals surface area contributed by atoms with E-state index in [0.717, 1.165) is 0 Å². The van der Waals surface area contributed by atoms with Crippen LogP contribution in [0.25, 0.3) is 0 Å². The number of carbonyl (C=O) groups is 2. The minimum atomic E-state index is -1.12. The first-order valence-corrected chi connectivity index (χ1v) is 3.45. The summed E-state index contributed by atoms with van der Waals surface area (Å²) >= 11 is 0. The van der Waals surface area contributed by atoms with Crippen molar-refractivity contribution in [3.8, 4) is 12.3 Å². The van der Waals surface area contributed by atoms with Gasteiger partial charge in [0.1, 0.15) is 6.04 Å². The number of rotatable bonds is 3. The Balaban J connectivity index is 4.36. The van der Waals surface area contributed by atoms with Crippen molar-refractivity contribution in [2.75, 3.05) is 0 Å². The lowest BCUT2D eigenvalue weighted by atomic mass is 10.0. The van der Waals surface area contributed by atoms with Crippen molar-refractivity contribution in [3.63, 3.8) is 0 Å². The van der Waals surface area contributed by atoms with Gasteiger partial charge in [-0.05, 0) is 6.92 Å². The largest absolute Gasteiger partial charge is 0.480 e. The third-order valence-corrected chi connectivity index (χ3v) is 1.39. The minimum absolute atomic E-state index is 0.399. The van der Waals surface area contributed by atoms with E-state index in [0.29, 0.717) is 0 Å². The second kappa shape index (κ2) is 4.39. The van der Waals surface area contributed by atoms with Crippen LogP contribution in [-0.2, 0) is 9.59 Å². The standard InChI is InChI=1S/C8H11NO3/c1-4-5(2)7(8(11)12)9-6(3)10/h1,5,7H,2-3H3,(H,9,10)(H,11,12)/t5-,7-/m1/s1. The van der Waals surface area contributed by atoms with Crippen LogP contribution < -0.4 is 5.32 Å². The number of carboxylic acids is 1. The highest BCUT2D eigenvalue weighted by molar-refractivity contribution is 5.82. The molecule has 0 radical (unpaired) electrons. The molecule has 0 aliphatic heterocycles. The third-order valence-electron chi connectivity index (χ3n) is 1.39. The second-order valence-corrected chi connectivity index (χ2v) is 2.47. The van der Waals surface area contributed by atoms with Crippen LogP contribution in [-0.4, -0.2) is 23.0 Å². The Hall–Kier alpha value is -1.50. The molecule has 2 atom stereocenters. The van der Waals surface area contributed by atoms with Gasteiger partial charge in [-0.15, -0.1) is 12.3 Å². The fraction of sp³-hybridized carbons (Fsp3) is 0.500. The summed E-state index contributed by atoms with van der Waals surface area (Å²) in [5.74, 6) is 0.234. The van der Waals surface area contributed by atoms with Gasteiger partial charge in [-0.25, -0.2) is 4.79 Å². The van der Waals surface area contributed by atoms with E-state index >= 15 is 0 Å². The van der Waals surface area contributed by atoms with Gasteiger partial charge in [0.25, 0.3) is 0 Å². The molecule has 0 rings (SSSR count). The molecule has 2 N–H and O–H groups in total. The van der Waals surface area contributed by atoms with Crippen LogP contribution in [0.5, 0.6) is 0 Å². The monoisotopic (exact) mass is 169 g/mol. The molecule has 0 bridgehead atoms. The predicted molar refractivity (Wildman–Crippen MR) is 43.2 cm³/mol. The van der Waals surface area contributed by atoms with Gasteiger partial charge in [0, 0.05) is 12.8 Å².